The van der Waals surface area contributed by atoms with Gasteiger partial charge in [-0.2, -0.15) is 0 Å². The van der Waals surface area contributed by atoms with E-state index in [-0.39, 0.29) is 6.61 Å². The van der Waals surface area contributed by atoms with Crippen molar-refractivity contribution in [3.63, 3.8) is 0 Å². The monoisotopic (exact) mass is 265 g/mol. The standard InChI is InChI=1S/C12H12BrNO/c1-9(13)7-14-6-5-10-3-2-4-11(8-15)12(10)14/h2-6,15H,1,7-8H2. The van der Waals surface area contributed by atoms with Gasteiger partial charge in [0.1, 0.15) is 0 Å². The van der Waals surface area contributed by atoms with Gasteiger partial charge in [0.05, 0.1) is 18.7 Å². The number of para-hydroxylation sites is 1. The highest BCUT2D eigenvalue weighted by atomic mass is 79.9. The molecule has 2 rings (SSSR count). The molecule has 0 atom stereocenters. The molecule has 0 aliphatic heterocycles. The lowest BCUT2D eigenvalue weighted by Gasteiger charge is -2.07. The van der Waals surface area contributed by atoms with E-state index >= 15 is 0 Å². The van der Waals surface area contributed by atoms with Crippen LogP contribution in [-0.2, 0) is 13.2 Å². The van der Waals surface area contributed by atoms with Gasteiger partial charge in [0.15, 0.2) is 0 Å². The van der Waals surface area contributed by atoms with Crippen molar-refractivity contribution in [2.24, 2.45) is 0 Å². The topological polar surface area (TPSA) is 25.2 Å². The first kappa shape index (κ1) is 10.5. The fourth-order valence-electron chi connectivity index (χ4n) is 1.78. The average molecular weight is 266 g/mol. The Morgan fingerprint density at radius 3 is 2.87 bits per heavy atom. The molecule has 1 aromatic carbocycles. The van der Waals surface area contributed by atoms with Gasteiger partial charge in [0.2, 0.25) is 0 Å². The summed E-state index contributed by atoms with van der Waals surface area (Å²) in [4.78, 5) is 0. The summed E-state index contributed by atoms with van der Waals surface area (Å²) in [5, 5.41) is 10.4. The number of fused-ring (bicyclic) bond motifs is 1. The van der Waals surface area contributed by atoms with E-state index in [1.54, 1.807) is 0 Å². The van der Waals surface area contributed by atoms with Gasteiger partial charge in [-0.15, -0.1) is 0 Å². The van der Waals surface area contributed by atoms with E-state index in [9.17, 15) is 5.11 Å². The highest BCUT2D eigenvalue weighted by Gasteiger charge is 2.05. The van der Waals surface area contributed by atoms with Gasteiger partial charge < -0.3 is 9.67 Å². The van der Waals surface area contributed by atoms with Gasteiger partial charge in [0, 0.05) is 16.2 Å². The van der Waals surface area contributed by atoms with Crippen LogP contribution in [0.4, 0.5) is 0 Å². The third-order valence-corrected chi connectivity index (χ3v) is 2.64. The largest absolute Gasteiger partial charge is 0.392 e. The Morgan fingerprint density at radius 1 is 1.40 bits per heavy atom. The Morgan fingerprint density at radius 2 is 2.20 bits per heavy atom. The van der Waals surface area contributed by atoms with Gasteiger partial charge >= 0.3 is 0 Å². The molecular formula is C12H12BrNO. The van der Waals surface area contributed by atoms with E-state index in [0.717, 1.165) is 27.5 Å². The molecule has 2 nitrogen and oxygen atoms in total. The van der Waals surface area contributed by atoms with E-state index in [4.69, 9.17) is 0 Å². The predicted molar refractivity (Wildman–Crippen MR) is 65.9 cm³/mol. The fourth-order valence-corrected chi connectivity index (χ4v) is 2.06. The lowest BCUT2D eigenvalue weighted by Crippen LogP contribution is -1.98. The van der Waals surface area contributed by atoms with Crippen molar-refractivity contribution in [1.82, 2.24) is 4.57 Å². The smallest absolute Gasteiger partial charge is 0.0702 e. The van der Waals surface area contributed by atoms with Crippen molar-refractivity contribution in [2.45, 2.75) is 13.2 Å². The van der Waals surface area contributed by atoms with Crippen molar-refractivity contribution in [1.29, 1.82) is 0 Å². The Hall–Kier alpha value is -1.06. The molecule has 0 radical (unpaired) electrons. The first-order valence-electron chi connectivity index (χ1n) is 4.73. The molecule has 0 aliphatic rings. The van der Waals surface area contributed by atoms with Crippen LogP contribution >= 0.6 is 15.9 Å². The van der Waals surface area contributed by atoms with Crippen LogP contribution in [0, 0.1) is 0 Å². The van der Waals surface area contributed by atoms with E-state index in [2.05, 4.69) is 27.1 Å². The number of hydrogen-bond acceptors (Lipinski definition) is 1. The summed E-state index contributed by atoms with van der Waals surface area (Å²) in [7, 11) is 0. The summed E-state index contributed by atoms with van der Waals surface area (Å²) < 4.78 is 3.01. The summed E-state index contributed by atoms with van der Waals surface area (Å²) >= 11 is 3.35. The zero-order valence-corrected chi connectivity index (χ0v) is 9.87. The van der Waals surface area contributed by atoms with Gasteiger partial charge in [-0.1, -0.05) is 40.7 Å². The maximum absolute atomic E-state index is 9.27. The van der Waals surface area contributed by atoms with Crippen molar-refractivity contribution in [3.8, 4) is 0 Å². The predicted octanol–water partition coefficient (Wildman–Crippen LogP) is 3.04. The lowest BCUT2D eigenvalue weighted by atomic mass is 10.1. The van der Waals surface area contributed by atoms with E-state index in [1.807, 2.05) is 30.5 Å². The Kier molecular flexibility index (Phi) is 2.93. The van der Waals surface area contributed by atoms with E-state index in [1.165, 1.54) is 0 Å². The molecule has 1 heterocycles. The summed E-state index contributed by atoms with van der Waals surface area (Å²) in [6.45, 7) is 4.61. The second-order valence-corrected chi connectivity index (χ2v) is 4.60. The molecule has 0 saturated carbocycles. The zero-order chi connectivity index (χ0) is 10.8. The highest BCUT2D eigenvalue weighted by molar-refractivity contribution is 9.11. The Labute approximate surface area is 97.0 Å². The molecule has 0 unspecified atom stereocenters. The molecule has 2 aromatic rings. The number of allylic oxidation sites excluding steroid dienone is 1. The van der Waals surface area contributed by atoms with Crippen LogP contribution in [0.5, 0.6) is 0 Å². The highest BCUT2D eigenvalue weighted by Crippen LogP contribution is 2.22. The number of rotatable bonds is 3. The summed E-state index contributed by atoms with van der Waals surface area (Å²) in [6.07, 6.45) is 2.01. The molecule has 15 heavy (non-hydrogen) atoms. The van der Waals surface area contributed by atoms with Crippen LogP contribution in [0.15, 0.2) is 41.5 Å². The normalized spacial score (nSPS) is 10.8. The second kappa shape index (κ2) is 4.21. The first-order chi connectivity index (χ1) is 7.22. The Bertz CT molecular complexity index is 501. The van der Waals surface area contributed by atoms with Crippen LogP contribution in [-0.4, -0.2) is 9.67 Å². The number of nitrogens with zero attached hydrogens (tertiary/aromatic N) is 1. The molecule has 1 aromatic heterocycles. The number of benzene rings is 1. The molecule has 0 amide bonds. The van der Waals surface area contributed by atoms with Crippen molar-refractivity contribution < 1.29 is 5.11 Å². The number of aliphatic hydroxyl groups is 1. The zero-order valence-electron chi connectivity index (χ0n) is 8.28. The summed E-state index contributed by atoms with van der Waals surface area (Å²) in [6, 6.07) is 7.99. The molecule has 0 bridgehead atoms. The maximum Gasteiger partial charge on any atom is 0.0702 e. The molecule has 0 spiro atoms. The van der Waals surface area contributed by atoms with Crippen LogP contribution in [0.2, 0.25) is 0 Å². The maximum atomic E-state index is 9.27. The molecule has 0 aliphatic carbocycles. The third-order valence-electron chi connectivity index (χ3n) is 2.38. The molecule has 78 valence electrons. The summed E-state index contributed by atoms with van der Waals surface area (Å²) in [5.74, 6) is 0. The first-order valence-corrected chi connectivity index (χ1v) is 5.52. The minimum absolute atomic E-state index is 0.0656. The van der Waals surface area contributed by atoms with E-state index < -0.39 is 0 Å². The van der Waals surface area contributed by atoms with Crippen LogP contribution < -0.4 is 0 Å². The number of aliphatic hydroxyl groups excluding tert-OH is 1. The minimum atomic E-state index is 0.0656. The van der Waals surface area contributed by atoms with Gasteiger partial charge in [-0.05, 0) is 11.5 Å². The van der Waals surface area contributed by atoms with Gasteiger partial charge in [-0.25, -0.2) is 0 Å². The van der Waals surface area contributed by atoms with Gasteiger partial charge in [-0.3, -0.25) is 0 Å². The van der Waals surface area contributed by atoms with Crippen LogP contribution in [0.3, 0.4) is 0 Å². The molecule has 3 heteroatoms. The third kappa shape index (κ3) is 1.98. The van der Waals surface area contributed by atoms with Crippen LogP contribution in [0.1, 0.15) is 5.56 Å². The number of halogens is 1. The molecular weight excluding hydrogens is 254 g/mol. The van der Waals surface area contributed by atoms with Crippen molar-refractivity contribution in [3.05, 3.63) is 47.1 Å². The Balaban J connectivity index is 2.60. The van der Waals surface area contributed by atoms with Crippen LogP contribution in [0.25, 0.3) is 10.9 Å². The lowest BCUT2D eigenvalue weighted by molar-refractivity contribution is 0.283. The average Bonchev–Trinajstić information content (AvgIpc) is 2.61. The van der Waals surface area contributed by atoms with Crippen molar-refractivity contribution >= 4 is 26.8 Å². The van der Waals surface area contributed by atoms with E-state index in [0.29, 0.717) is 0 Å². The molecule has 0 saturated heterocycles. The summed E-state index contributed by atoms with van der Waals surface area (Å²) in [5.41, 5.74) is 2.03. The number of hydrogen-bond donors (Lipinski definition) is 1. The fraction of sp³-hybridized carbons (Fsp3) is 0.167. The van der Waals surface area contributed by atoms with Crippen molar-refractivity contribution in [2.75, 3.05) is 0 Å². The SMILES string of the molecule is C=C(Br)Cn1ccc2cccc(CO)c21. The molecule has 0 fully saturated rings. The minimum Gasteiger partial charge on any atom is -0.392 e. The number of aromatic nitrogens is 1. The second-order valence-electron chi connectivity index (χ2n) is 3.47. The van der Waals surface area contributed by atoms with Gasteiger partial charge in [0.25, 0.3) is 0 Å². The molecule has 1 N–H and O–H groups in total. The quantitative estimate of drug-likeness (QED) is 0.907.